The van der Waals surface area contributed by atoms with Crippen molar-refractivity contribution >= 4 is 15.7 Å². The monoisotopic (exact) mass is 357 g/mol. The molecule has 5 heteroatoms. The van der Waals surface area contributed by atoms with Crippen molar-refractivity contribution in [3.8, 4) is 11.1 Å². The van der Waals surface area contributed by atoms with Gasteiger partial charge in [0.15, 0.2) is 0 Å². The summed E-state index contributed by atoms with van der Waals surface area (Å²) in [6.45, 7) is 0. The van der Waals surface area contributed by atoms with Gasteiger partial charge in [0.1, 0.15) is 5.82 Å². The van der Waals surface area contributed by atoms with Crippen molar-refractivity contribution in [3.63, 3.8) is 0 Å². The Bertz CT molecular complexity index is 922. The number of fused-ring (bicyclic) bond motifs is 1. The van der Waals surface area contributed by atoms with Gasteiger partial charge in [0.05, 0.1) is 5.75 Å². The highest BCUT2D eigenvalue weighted by atomic mass is 32.2. The van der Waals surface area contributed by atoms with E-state index in [0.29, 0.717) is 17.7 Å². The van der Waals surface area contributed by atoms with E-state index in [1.54, 1.807) is 12.1 Å². The van der Waals surface area contributed by atoms with E-state index in [4.69, 9.17) is 0 Å². The van der Waals surface area contributed by atoms with E-state index in [-0.39, 0.29) is 23.4 Å². The van der Waals surface area contributed by atoms with Crippen LogP contribution in [0.2, 0.25) is 0 Å². The molecule has 0 spiro atoms. The lowest BCUT2D eigenvalue weighted by atomic mass is 9.75. The van der Waals surface area contributed by atoms with Gasteiger partial charge in [0.2, 0.25) is 0 Å². The smallest absolute Gasteiger partial charge is 0.207 e. The summed E-state index contributed by atoms with van der Waals surface area (Å²) < 4.78 is 42.8. The van der Waals surface area contributed by atoms with Crippen LogP contribution < -0.4 is 0 Å². The predicted molar refractivity (Wildman–Crippen MR) is 97.8 cm³/mol. The molecule has 0 amide bonds. The molecule has 1 aliphatic carbocycles. The molecule has 2 atom stereocenters. The van der Waals surface area contributed by atoms with Crippen LogP contribution in [0.4, 0.5) is 4.39 Å². The van der Waals surface area contributed by atoms with Gasteiger partial charge in [-0.2, -0.15) is 4.40 Å². The van der Waals surface area contributed by atoms with Crippen molar-refractivity contribution in [3.05, 3.63) is 59.9 Å². The average Bonchev–Trinajstić information content (AvgIpc) is 2.61. The Balaban J connectivity index is 1.73. The van der Waals surface area contributed by atoms with Crippen LogP contribution >= 0.6 is 0 Å². The van der Waals surface area contributed by atoms with Crippen molar-refractivity contribution in [2.24, 2.45) is 10.3 Å². The standard InChI is InChI=1S/C20H20FNO2S/c21-19-13-16(14-5-2-1-3-6-14)9-10-17(19)18-8-4-7-15-11-12-25(23,24)22-20(15)18/h1-3,5-6,9-10,13,15,18H,4,7-8,11-12H2. The second-order valence-electron chi connectivity index (χ2n) is 6.87. The highest BCUT2D eigenvalue weighted by Gasteiger charge is 2.36. The normalized spacial score (nSPS) is 25.1. The molecule has 1 fully saturated rings. The Morgan fingerprint density at radius 2 is 1.76 bits per heavy atom. The fraction of sp³-hybridized carbons (Fsp3) is 0.350. The quantitative estimate of drug-likeness (QED) is 0.791. The number of benzene rings is 2. The lowest BCUT2D eigenvalue weighted by molar-refractivity contribution is 0.470. The predicted octanol–water partition coefficient (Wildman–Crippen LogP) is 4.55. The molecular formula is C20H20FNO2S. The van der Waals surface area contributed by atoms with Crippen molar-refractivity contribution < 1.29 is 12.8 Å². The van der Waals surface area contributed by atoms with Gasteiger partial charge in [-0.1, -0.05) is 48.9 Å². The molecule has 0 saturated heterocycles. The maximum absolute atomic E-state index is 14.9. The van der Waals surface area contributed by atoms with Gasteiger partial charge in [-0.05, 0) is 47.9 Å². The molecule has 1 saturated carbocycles. The van der Waals surface area contributed by atoms with E-state index < -0.39 is 10.0 Å². The molecule has 1 heterocycles. The molecule has 0 aromatic heterocycles. The van der Waals surface area contributed by atoms with E-state index in [9.17, 15) is 12.8 Å². The zero-order valence-electron chi connectivity index (χ0n) is 13.9. The SMILES string of the molecule is O=S1(=O)CCC2CCCC(c3ccc(-c4ccccc4)cc3F)C2=N1. The van der Waals surface area contributed by atoms with Gasteiger partial charge in [-0.25, -0.2) is 12.8 Å². The first-order valence-electron chi connectivity index (χ1n) is 8.71. The van der Waals surface area contributed by atoms with Crippen molar-refractivity contribution in [1.29, 1.82) is 0 Å². The van der Waals surface area contributed by atoms with Gasteiger partial charge in [0.25, 0.3) is 10.0 Å². The molecule has 2 aliphatic rings. The molecule has 2 aromatic carbocycles. The first-order chi connectivity index (χ1) is 12.0. The second-order valence-corrected chi connectivity index (χ2v) is 8.63. The fourth-order valence-electron chi connectivity index (χ4n) is 4.01. The summed E-state index contributed by atoms with van der Waals surface area (Å²) in [4.78, 5) is 0. The van der Waals surface area contributed by atoms with Gasteiger partial charge < -0.3 is 0 Å². The molecule has 1 aliphatic heterocycles. The summed E-state index contributed by atoms with van der Waals surface area (Å²) >= 11 is 0. The van der Waals surface area contributed by atoms with E-state index >= 15 is 0 Å². The molecule has 0 radical (unpaired) electrons. The molecule has 130 valence electrons. The summed E-state index contributed by atoms with van der Waals surface area (Å²) in [5, 5.41) is 0. The van der Waals surface area contributed by atoms with Crippen LogP contribution in [0.5, 0.6) is 0 Å². The molecule has 2 unspecified atom stereocenters. The third kappa shape index (κ3) is 3.25. The zero-order valence-corrected chi connectivity index (χ0v) is 14.7. The maximum atomic E-state index is 14.9. The molecule has 2 aromatic rings. The Morgan fingerprint density at radius 1 is 0.960 bits per heavy atom. The van der Waals surface area contributed by atoms with Gasteiger partial charge >= 0.3 is 0 Å². The summed E-state index contributed by atoms with van der Waals surface area (Å²) in [5.74, 6) is -0.213. The third-order valence-corrected chi connectivity index (χ3v) is 6.51. The number of halogens is 1. The first kappa shape index (κ1) is 16.5. The minimum atomic E-state index is -3.39. The third-order valence-electron chi connectivity index (χ3n) is 5.27. The molecule has 4 rings (SSSR count). The van der Waals surface area contributed by atoms with Gasteiger partial charge in [0, 0.05) is 11.6 Å². The van der Waals surface area contributed by atoms with Gasteiger partial charge in [-0.15, -0.1) is 0 Å². The summed E-state index contributed by atoms with van der Waals surface area (Å²) in [6.07, 6.45) is 3.30. The summed E-state index contributed by atoms with van der Waals surface area (Å²) in [7, 11) is -3.39. The van der Waals surface area contributed by atoms with Crippen LogP contribution in [0.25, 0.3) is 11.1 Å². The van der Waals surface area contributed by atoms with Crippen molar-refractivity contribution in [1.82, 2.24) is 0 Å². The van der Waals surface area contributed by atoms with Crippen LogP contribution in [-0.4, -0.2) is 19.9 Å². The average molecular weight is 357 g/mol. The Kier molecular flexibility index (Phi) is 4.20. The van der Waals surface area contributed by atoms with Gasteiger partial charge in [-0.3, -0.25) is 0 Å². The Labute approximate surface area is 147 Å². The highest BCUT2D eigenvalue weighted by molar-refractivity contribution is 7.90. The number of hydrogen-bond donors (Lipinski definition) is 0. The van der Waals surface area contributed by atoms with Crippen LogP contribution in [-0.2, 0) is 10.0 Å². The molecule has 0 bridgehead atoms. The molecule has 0 N–H and O–H groups in total. The van der Waals surface area contributed by atoms with E-state index in [1.165, 1.54) is 0 Å². The lowest BCUT2D eigenvalue weighted by Gasteiger charge is -2.33. The minimum absolute atomic E-state index is 0.114. The van der Waals surface area contributed by atoms with Crippen molar-refractivity contribution in [2.75, 3.05) is 5.75 Å². The second kappa shape index (κ2) is 6.37. The van der Waals surface area contributed by atoms with Crippen LogP contribution in [0, 0.1) is 11.7 Å². The minimum Gasteiger partial charge on any atom is -0.207 e. The van der Waals surface area contributed by atoms with Crippen LogP contribution in [0.1, 0.15) is 37.2 Å². The number of hydrogen-bond acceptors (Lipinski definition) is 2. The summed E-state index contributed by atoms with van der Waals surface area (Å²) in [6, 6.07) is 14.9. The van der Waals surface area contributed by atoms with E-state index in [1.807, 2.05) is 36.4 Å². The fourth-order valence-corrected chi connectivity index (χ4v) is 5.28. The molecule has 3 nitrogen and oxygen atoms in total. The zero-order chi connectivity index (χ0) is 17.4. The van der Waals surface area contributed by atoms with Crippen molar-refractivity contribution in [2.45, 2.75) is 31.6 Å². The molecule has 25 heavy (non-hydrogen) atoms. The number of sulfonamides is 1. The number of nitrogens with zero attached hydrogens (tertiary/aromatic N) is 1. The van der Waals surface area contributed by atoms with Crippen LogP contribution in [0.3, 0.4) is 0 Å². The Hall–Kier alpha value is -2.01. The van der Waals surface area contributed by atoms with Crippen LogP contribution in [0.15, 0.2) is 52.9 Å². The summed E-state index contributed by atoms with van der Waals surface area (Å²) in [5.41, 5.74) is 3.03. The van der Waals surface area contributed by atoms with E-state index in [2.05, 4.69) is 4.40 Å². The first-order valence-corrected chi connectivity index (χ1v) is 10.3. The lowest BCUT2D eigenvalue weighted by Crippen LogP contribution is -2.33. The largest absolute Gasteiger partial charge is 0.253 e. The van der Waals surface area contributed by atoms with E-state index in [0.717, 1.165) is 30.4 Å². The molecular weight excluding hydrogens is 337 g/mol. The Morgan fingerprint density at radius 3 is 2.52 bits per heavy atom. The number of rotatable bonds is 2. The highest BCUT2D eigenvalue weighted by Crippen LogP contribution is 2.40. The maximum Gasteiger partial charge on any atom is 0.253 e. The topological polar surface area (TPSA) is 46.5 Å².